The van der Waals surface area contributed by atoms with Gasteiger partial charge < -0.3 is 15.0 Å². The van der Waals surface area contributed by atoms with Crippen molar-refractivity contribution >= 4 is 12.0 Å². The van der Waals surface area contributed by atoms with Gasteiger partial charge in [-0.25, -0.2) is 4.79 Å². The molecule has 0 unspecified atom stereocenters. The van der Waals surface area contributed by atoms with Crippen molar-refractivity contribution in [2.45, 2.75) is 45.6 Å². The highest BCUT2D eigenvalue weighted by molar-refractivity contribution is 5.78. The predicted octanol–water partition coefficient (Wildman–Crippen LogP) is 1.60. The van der Waals surface area contributed by atoms with Crippen LogP contribution in [-0.2, 0) is 9.53 Å². The van der Waals surface area contributed by atoms with Crippen molar-refractivity contribution in [1.82, 2.24) is 15.1 Å². The zero-order valence-corrected chi connectivity index (χ0v) is 15.3. The number of ether oxygens (including phenoxy) is 1. The zero-order chi connectivity index (χ0) is 18.2. The number of carbonyl (C=O) groups excluding carboxylic acids is 2. The molecule has 24 heavy (non-hydrogen) atoms. The van der Waals surface area contributed by atoms with Crippen LogP contribution in [0, 0.1) is 17.2 Å². The second-order valence-electron chi connectivity index (χ2n) is 7.33. The van der Waals surface area contributed by atoms with Crippen molar-refractivity contribution in [2.75, 3.05) is 39.8 Å². The van der Waals surface area contributed by atoms with Gasteiger partial charge in [0.1, 0.15) is 5.60 Å². The number of rotatable bonds is 6. The number of likely N-dealkylation sites (N-methyl/N-ethyl adjacent to an activating group) is 1. The summed E-state index contributed by atoms with van der Waals surface area (Å²) in [5.74, 6) is 0.468. The molecule has 136 valence electrons. The first kappa shape index (κ1) is 20.2. The number of piperidine rings is 1. The Kier molecular flexibility index (Phi) is 7.99. The van der Waals surface area contributed by atoms with Crippen LogP contribution in [0.15, 0.2) is 0 Å². The molecule has 0 aliphatic carbocycles. The molecule has 0 aromatic rings. The molecule has 0 saturated carbocycles. The minimum Gasteiger partial charge on any atom is -0.444 e. The molecule has 1 heterocycles. The van der Waals surface area contributed by atoms with Crippen LogP contribution in [0.25, 0.3) is 0 Å². The smallest absolute Gasteiger partial charge is 0.407 e. The molecule has 1 fully saturated rings. The average molecular weight is 338 g/mol. The molecule has 0 aromatic carbocycles. The van der Waals surface area contributed by atoms with Gasteiger partial charge in [-0.2, -0.15) is 5.26 Å². The maximum absolute atomic E-state index is 12.0. The van der Waals surface area contributed by atoms with Crippen molar-refractivity contribution in [2.24, 2.45) is 5.92 Å². The largest absolute Gasteiger partial charge is 0.444 e. The Hall–Kier alpha value is -1.81. The van der Waals surface area contributed by atoms with Gasteiger partial charge in [0.05, 0.1) is 19.0 Å². The SMILES string of the molecule is CN(CCC#N)C(=O)CN1CCC(CNC(=O)OC(C)(C)C)CC1. The summed E-state index contributed by atoms with van der Waals surface area (Å²) in [5, 5.41) is 11.4. The second-order valence-corrected chi connectivity index (χ2v) is 7.33. The Morgan fingerprint density at radius 3 is 2.50 bits per heavy atom. The van der Waals surface area contributed by atoms with E-state index in [1.165, 1.54) is 0 Å². The van der Waals surface area contributed by atoms with Gasteiger partial charge >= 0.3 is 6.09 Å². The monoisotopic (exact) mass is 338 g/mol. The summed E-state index contributed by atoms with van der Waals surface area (Å²) in [6, 6.07) is 2.05. The maximum atomic E-state index is 12.0. The average Bonchev–Trinajstić information content (AvgIpc) is 2.50. The van der Waals surface area contributed by atoms with Crippen molar-refractivity contribution in [1.29, 1.82) is 5.26 Å². The summed E-state index contributed by atoms with van der Waals surface area (Å²) in [6.45, 7) is 8.71. The number of nitrogens with zero attached hydrogens (tertiary/aromatic N) is 3. The predicted molar refractivity (Wildman–Crippen MR) is 91.3 cm³/mol. The van der Waals surface area contributed by atoms with E-state index in [9.17, 15) is 9.59 Å². The first-order chi connectivity index (χ1) is 11.2. The lowest BCUT2D eigenvalue weighted by Crippen LogP contribution is -2.44. The van der Waals surface area contributed by atoms with Crippen LogP contribution >= 0.6 is 0 Å². The second kappa shape index (κ2) is 9.48. The topological polar surface area (TPSA) is 85.7 Å². The summed E-state index contributed by atoms with van der Waals surface area (Å²) in [4.78, 5) is 27.4. The Morgan fingerprint density at radius 2 is 1.96 bits per heavy atom. The number of nitrogens with one attached hydrogen (secondary N) is 1. The third kappa shape index (κ3) is 8.16. The molecule has 0 radical (unpaired) electrons. The zero-order valence-electron chi connectivity index (χ0n) is 15.3. The molecule has 1 aliphatic heterocycles. The molecule has 2 amide bonds. The molecule has 7 heteroatoms. The molecular weight excluding hydrogens is 308 g/mol. The summed E-state index contributed by atoms with van der Waals surface area (Å²) in [5.41, 5.74) is -0.481. The number of likely N-dealkylation sites (tertiary alicyclic amines) is 1. The lowest BCUT2D eigenvalue weighted by Gasteiger charge is -2.32. The fourth-order valence-electron chi connectivity index (χ4n) is 2.54. The van der Waals surface area contributed by atoms with Crippen LogP contribution in [-0.4, -0.2) is 67.2 Å². The van der Waals surface area contributed by atoms with Gasteiger partial charge in [0.2, 0.25) is 5.91 Å². The minimum atomic E-state index is -0.481. The van der Waals surface area contributed by atoms with Gasteiger partial charge in [-0.1, -0.05) is 0 Å². The number of alkyl carbamates (subject to hydrolysis) is 1. The lowest BCUT2D eigenvalue weighted by molar-refractivity contribution is -0.131. The van der Waals surface area contributed by atoms with E-state index in [2.05, 4.69) is 10.2 Å². The number of amides is 2. The third-order valence-corrected chi connectivity index (χ3v) is 3.98. The van der Waals surface area contributed by atoms with E-state index in [0.29, 0.717) is 32.0 Å². The number of carbonyl (C=O) groups is 2. The molecule has 7 nitrogen and oxygen atoms in total. The minimum absolute atomic E-state index is 0.0515. The molecule has 1 aliphatic rings. The van der Waals surface area contributed by atoms with Gasteiger partial charge in [-0.3, -0.25) is 9.69 Å². The van der Waals surface area contributed by atoms with E-state index in [4.69, 9.17) is 10.00 Å². The van der Waals surface area contributed by atoms with Crippen LogP contribution < -0.4 is 5.32 Å². The standard InChI is InChI=1S/C17H30N4O3/c1-17(2,3)24-16(23)19-12-14-6-10-21(11-7-14)13-15(22)20(4)9-5-8-18/h14H,5-7,9-13H2,1-4H3,(H,19,23). The van der Waals surface area contributed by atoms with Crippen molar-refractivity contribution in [3.8, 4) is 6.07 Å². The Labute approximate surface area is 144 Å². The van der Waals surface area contributed by atoms with Crippen LogP contribution in [0.3, 0.4) is 0 Å². The summed E-state index contributed by atoms with van der Waals surface area (Å²) < 4.78 is 5.23. The number of hydrogen-bond acceptors (Lipinski definition) is 5. The molecule has 0 aromatic heterocycles. The first-order valence-electron chi connectivity index (χ1n) is 8.51. The third-order valence-electron chi connectivity index (χ3n) is 3.98. The van der Waals surface area contributed by atoms with E-state index in [1.807, 2.05) is 26.8 Å². The van der Waals surface area contributed by atoms with Gasteiger partial charge in [0.25, 0.3) is 0 Å². The van der Waals surface area contributed by atoms with E-state index in [-0.39, 0.29) is 12.0 Å². The summed E-state index contributed by atoms with van der Waals surface area (Å²) in [7, 11) is 1.73. The Balaban J connectivity index is 2.23. The fourth-order valence-corrected chi connectivity index (χ4v) is 2.54. The Morgan fingerprint density at radius 1 is 1.33 bits per heavy atom. The van der Waals surface area contributed by atoms with Gasteiger partial charge in [0, 0.05) is 20.1 Å². The highest BCUT2D eigenvalue weighted by atomic mass is 16.6. The van der Waals surface area contributed by atoms with E-state index in [1.54, 1.807) is 11.9 Å². The molecule has 0 bridgehead atoms. The molecular formula is C17H30N4O3. The first-order valence-corrected chi connectivity index (χ1v) is 8.51. The van der Waals surface area contributed by atoms with E-state index < -0.39 is 5.60 Å². The number of hydrogen-bond donors (Lipinski definition) is 1. The fraction of sp³-hybridized carbons (Fsp3) is 0.824. The van der Waals surface area contributed by atoms with Gasteiger partial charge in [-0.15, -0.1) is 0 Å². The van der Waals surface area contributed by atoms with Crippen LogP contribution in [0.1, 0.15) is 40.0 Å². The maximum Gasteiger partial charge on any atom is 0.407 e. The highest BCUT2D eigenvalue weighted by Gasteiger charge is 2.23. The van der Waals surface area contributed by atoms with Crippen LogP contribution in [0.5, 0.6) is 0 Å². The van der Waals surface area contributed by atoms with Crippen LogP contribution in [0.4, 0.5) is 4.79 Å². The quantitative estimate of drug-likeness (QED) is 0.795. The van der Waals surface area contributed by atoms with Crippen molar-refractivity contribution in [3.63, 3.8) is 0 Å². The van der Waals surface area contributed by atoms with Gasteiger partial charge in [-0.05, 0) is 52.6 Å². The van der Waals surface area contributed by atoms with E-state index in [0.717, 1.165) is 25.9 Å². The summed E-state index contributed by atoms with van der Waals surface area (Å²) >= 11 is 0. The van der Waals surface area contributed by atoms with Gasteiger partial charge in [0.15, 0.2) is 0 Å². The lowest BCUT2D eigenvalue weighted by atomic mass is 9.97. The molecule has 0 spiro atoms. The summed E-state index contributed by atoms with van der Waals surface area (Å²) in [6.07, 6.45) is 1.88. The molecule has 1 N–H and O–H groups in total. The normalized spacial score (nSPS) is 16.3. The molecule has 1 saturated heterocycles. The van der Waals surface area contributed by atoms with Crippen LogP contribution in [0.2, 0.25) is 0 Å². The number of nitriles is 1. The Bertz CT molecular complexity index is 459. The molecule has 1 rings (SSSR count). The van der Waals surface area contributed by atoms with E-state index >= 15 is 0 Å². The van der Waals surface area contributed by atoms with Crippen molar-refractivity contribution < 1.29 is 14.3 Å². The highest BCUT2D eigenvalue weighted by Crippen LogP contribution is 2.16. The molecule has 0 atom stereocenters. The van der Waals surface area contributed by atoms with Crippen molar-refractivity contribution in [3.05, 3.63) is 0 Å².